The summed E-state index contributed by atoms with van der Waals surface area (Å²) in [6.07, 6.45) is 0. The Hall–Kier alpha value is -1.72. The van der Waals surface area contributed by atoms with E-state index in [0.29, 0.717) is 4.47 Å². The Kier molecular flexibility index (Phi) is 4.87. The number of nitrogens with one attached hydrogen (secondary N) is 1. The molecule has 0 aliphatic rings. The Morgan fingerprint density at radius 1 is 1.25 bits per heavy atom. The van der Waals surface area contributed by atoms with Gasteiger partial charge in [-0.25, -0.2) is 4.39 Å². The van der Waals surface area contributed by atoms with Crippen LogP contribution in [0.4, 0.5) is 10.1 Å². The molecule has 104 valence electrons. The highest BCUT2D eigenvalue weighted by molar-refractivity contribution is 9.10. The summed E-state index contributed by atoms with van der Waals surface area (Å²) in [6.45, 7) is 0.161. The van der Waals surface area contributed by atoms with E-state index in [1.807, 2.05) is 30.3 Å². The van der Waals surface area contributed by atoms with Crippen molar-refractivity contribution in [3.05, 3.63) is 64.4 Å². The molecule has 0 aliphatic heterocycles. The molecule has 0 aliphatic carbocycles. The minimum Gasteiger partial charge on any atom is -0.329 e. The maximum Gasteiger partial charge on any atom is 0.233 e. The van der Waals surface area contributed by atoms with E-state index in [2.05, 4.69) is 21.2 Å². The van der Waals surface area contributed by atoms with Crippen LogP contribution in [0.15, 0.2) is 53.0 Å². The molecule has 2 aromatic rings. The first kappa shape index (κ1) is 14.7. The van der Waals surface area contributed by atoms with Gasteiger partial charge in [-0.2, -0.15) is 0 Å². The lowest BCUT2D eigenvalue weighted by molar-refractivity contribution is -0.117. The predicted molar refractivity (Wildman–Crippen MR) is 81.0 cm³/mol. The quantitative estimate of drug-likeness (QED) is 0.900. The lowest BCUT2D eigenvalue weighted by atomic mass is 9.98. The van der Waals surface area contributed by atoms with Crippen molar-refractivity contribution in [2.24, 2.45) is 5.73 Å². The predicted octanol–water partition coefficient (Wildman–Crippen LogP) is 3.27. The summed E-state index contributed by atoms with van der Waals surface area (Å²) < 4.78 is 14.3. The molecule has 3 N–H and O–H groups in total. The van der Waals surface area contributed by atoms with Gasteiger partial charge in [-0.3, -0.25) is 4.79 Å². The van der Waals surface area contributed by atoms with Gasteiger partial charge in [0.05, 0.1) is 11.6 Å². The molecular formula is C15H14BrFN2O. The van der Waals surface area contributed by atoms with Gasteiger partial charge in [0.2, 0.25) is 5.91 Å². The van der Waals surface area contributed by atoms with Gasteiger partial charge in [-0.05, 0) is 23.8 Å². The number of amides is 1. The highest BCUT2D eigenvalue weighted by atomic mass is 79.9. The Morgan fingerprint density at radius 2 is 1.95 bits per heavy atom. The van der Waals surface area contributed by atoms with Crippen molar-refractivity contribution in [2.75, 3.05) is 11.9 Å². The number of hydrogen-bond donors (Lipinski definition) is 2. The van der Waals surface area contributed by atoms with Gasteiger partial charge < -0.3 is 11.1 Å². The van der Waals surface area contributed by atoms with Crippen molar-refractivity contribution in [3.63, 3.8) is 0 Å². The zero-order valence-electron chi connectivity index (χ0n) is 10.6. The summed E-state index contributed by atoms with van der Waals surface area (Å²) in [5.41, 5.74) is 6.62. The molecule has 0 fully saturated rings. The summed E-state index contributed by atoms with van der Waals surface area (Å²) >= 11 is 3.17. The van der Waals surface area contributed by atoms with Gasteiger partial charge in [-0.15, -0.1) is 0 Å². The third kappa shape index (κ3) is 3.43. The van der Waals surface area contributed by atoms with Crippen molar-refractivity contribution in [3.8, 4) is 0 Å². The van der Waals surface area contributed by atoms with Crippen LogP contribution in [0.5, 0.6) is 0 Å². The monoisotopic (exact) mass is 336 g/mol. The minimum absolute atomic E-state index is 0.146. The average molecular weight is 337 g/mol. The van der Waals surface area contributed by atoms with Crippen LogP contribution in [0.3, 0.4) is 0 Å². The Labute approximate surface area is 125 Å². The molecule has 2 rings (SSSR count). The van der Waals surface area contributed by atoms with Crippen molar-refractivity contribution >= 4 is 27.5 Å². The fraction of sp³-hybridized carbons (Fsp3) is 0.133. The zero-order chi connectivity index (χ0) is 14.5. The number of carbonyl (C=O) groups is 1. The first-order valence-corrected chi connectivity index (χ1v) is 6.92. The maximum absolute atomic E-state index is 13.7. The number of halogens is 2. The fourth-order valence-electron chi connectivity index (χ4n) is 1.89. The van der Waals surface area contributed by atoms with Crippen LogP contribution in [0, 0.1) is 5.82 Å². The van der Waals surface area contributed by atoms with Gasteiger partial charge in [0.25, 0.3) is 0 Å². The molecule has 3 nitrogen and oxygen atoms in total. The van der Waals surface area contributed by atoms with Crippen LogP contribution in [-0.4, -0.2) is 12.5 Å². The van der Waals surface area contributed by atoms with Crippen LogP contribution in [-0.2, 0) is 4.79 Å². The van der Waals surface area contributed by atoms with Crippen LogP contribution in [0.25, 0.3) is 0 Å². The smallest absolute Gasteiger partial charge is 0.233 e. The van der Waals surface area contributed by atoms with E-state index >= 15 is 0 Å². The lowest BCUT2D eigenvalue weighted by Crippen LogP contribution is -2.27. The summed E-state index contributed by atoms with van der Waals surface area (Å²) in [5, 5.41) is 2.57. The fourth-order valence-corrected chi connectivity index (χ4v) is 2.22. The summed E-state index contributed by atoms with van der Waals surface area (Å²) in [4.78, 5) is 12.2. The van der Waals surface area contributed by atoms with Crippen LogP contribution in [0.1, 0.15) is 11.5 Å². The number of rotatable bonds is 4. The first-order chi connectivity index (χ1) is 9.61. The molecule has 2 aromatic carbocycles. The van der Waals surface area contributed by atoms with Gasteiger partial charge in [0.1, 0.15) is 5.82 Å². The second kappa shape index (κ2) is 6.63. The van der Waals surface area contributed by atoms with E-state index in [1.165, 1.54) is 12.1 Å². The number of nitrogens with two attached hydrogens (primary N) is 1. The summed E-state index contributed by atoms with van der Waals surface area (Å²) in [5.74, 6) is -1.31. The van der Waals surface area contributed by atoms with E-state index in [4.69, 9.17) is 5.73 Å². The van der Waals surface area contributed by atoms with E-state index in [1.54, 1.807) is 6.07 Å². The Bertz CT molecular complexity index is 604. The topological polar surface area (TPSA) is 55.1 Å². The average Bonchev–Trinajstić information content (AvgIpc) is 2.44. The van der Waals surface area contributed by atoms with Gasteiger partial charge >= 0.3 is 0 Å². The van der Waals surface area contributed by atoms with Crippen molar-refractivity contribution in [1.82, 2.24) is 0 Å². The second-order valence-electron chi connectivity index (χ2n) is 4.31. The molecule has 1 amide bonds. The van der Waals surface area contributed by atoms with Crippen molar-refractivity contribution in [2.45, 2.75) is 5.92 Å². The number of hydrogen-bond acceptors (Lipinski definition) is 2. The van der Waals surface area contributed by atoms with Crippen molar-refractivity contribution in [1.29, 1.82) is 0 Å². The number of benzene rings is 2. The van der Waals surface area contributed by atoms with Gasteiger partial charge in [0.15, 0.2) is 0 Å². The first-order valence-electron chi connectivity index (χ1n) is 6.12. The van der Waals surface area contributed by atoms with Gasteiger partial charge in [-0.1, -0.05) is 46.3 Å². The Balaban J connectivity index is 2.18. The SMILES string of the molecule is NCC(C(=O)Nc1ccc(Br)cc1F)c1ccccc1. The summed E-state index contributed by atoms with van der Waals surface area (Å²) in [6, 6.07) is 13.7. The van der Waals surface area contributed by atoms with Gasteiger partial charge in [0, 0.05) is 11.0 Å². The number of anilines is 1. The zero-order valence-corrected chi connectivity index (χ0v) is 12.2. The van der Waals surface area contributed by atoms with E-state index in [-0.39, 0.29) is 18.1 Å². The third-order valence-electron chi connectivity index (χ3n) is 2.94. The highest BCUT2D eigenvalue weighted by Crippen LogP contribution is 2.22. The third-order valence-corrected chi connectivity index (χ3v) is 3.44. The normalized spacial score (nSPS) is 11.9. The molecule has 1 atom stereocenters. The molecular weight excluding hydrogens is 323 g/mol. The molecule has 20 heavy (non-hydrogen) atoms. The highest BCUT2D eigenvalue weighted by Gasteiger charge is 2.19. The standard InChI is InChI=1S/C15H14BrFN2O/c16-11-6-7-14(13(17)8-11)19-15(20)12(9-18)10-4-2-1-3-5-10/h1-8,12H,9,18H2,(H,19,20). The minimum atomic E-state index is -0.501. The van der Waals surface area contributed by atoms with E-state index in [9.17, 15) is 9.18 Å². The molecule has 0 heterocycles. The molecule has 0 bridgehead atoms. The molecule has 1 unspecified atom stereocenters. The molecule has 0 aromatic heterocycles. The van der Waals surface area contributed by atoms with Crippen LogP contribution >= 0.6 is 15.9 Å². The van der Waals surface area contributed by atoms with Crippen LogP contribution in [0.2, 0.25) is 0 Å². The number of carbonyl (C=O) groups excluding carboxylic acids is 1. The molecule has 0 radical (unpaired) electrons. The van der Waals surface area contributed by atoms with Crippen molar-refractivity contribution < 1.29 is 9.18 Å². The summed E-state index contributed by atoms with van der Waals surface area (Å²) in [7, 11) is 0. The molecule has 0 saturated carbocycles. The maximum atomic E-state index is 13.7. The molecule has 0 saturated heterocycles. The van der Waals surface area contributed by atoms with Crippen LogP contribution < -0.4 is 11.1 Å². The lowest BCUT2D eigenvalue weighted by Gasteiger charge is -2.15. The van der Waals surface area contributed by atoms with E-state index < -0.39 is 11.7 Å². The molecule has 5 heteroatoms. The largest absolute Gasteiger partial charge is 0.329 e. The second-order valence-corrected chi connectivity index (χ2v) is 5.23. The molecule has 0 spiro atoms. The Morgan fingerprint density at radius 3 is 2.55 bits per heavy atom. The van der Waals surface area contributed by atoms with E-state index in [0.717, 1.165) is 5.56 Å².